The van der Waals surface area contributed by atoms with Crippen LogP contribution in [-0.2, 0) is 21.2 Å². The molecule has 0 bridgehead atoms. The third-order valence-electron chi connectivity index (χ3n) is 2.98. The molecular formula is C13H16F3NO3. The molecule has 1 aromatic carbocycles. The number of rotatable bonds is 6. The second kappa shape index (κ2) is 6.23. The minimum absolute atomic E-state index is 0.0379. The van der Waals surface area contributed by atoms with Gasteiger partial charge in [0.2, 0.25) is 0 Å². The Morgan fingerprint density at radius 2 is 1.95 bits per heavy atom. The molecule has 0 aromatic heterocycles. The summed E-state index contributed by atoms with van der Waals surface area (Å²) in [4.78, 5) is 11.4. The number of nitrogens with one attached hydrogen (secondary N) is 1. The first kappa shape index (κ1) is 16.5. The van der Waals surface area contributed by atoms with Gasteiger partial charge in [-0.25, -0.2) is 4.79 Å². The number of alkyl halides is 3. The third-order valence-corrected chi connectivity index (χ3v) is 2.98. The summed E-state index contributed by atoms with van der Waals surface area (Å²) in [5, 5.41) is 12.0. The zero-order valence-electron chi connectivity index (χ0n) is 11.1. The van der Waals surface area contributed by atoms with Gasteiger partial charge in [-0.2, -0.15) is 13.2 Å². The molecule has 0 spiro atoms. The van der Waals surface area contributed by atoms with Crippen LogP contribution in [0, 0.1) is 0 Å². The molecule has 0 amide bonds. The van der Waals surface area contributed by atoms with Crippen molar-refractivity contribution in [3.8, 4) is 0 Å². The Kier molecular flexibility index (Phi) is 5.13. The molecule has 0 radical (unpaired) electrons. The van der Waals surface area contributed by atoms with Gasteiger partial charge in [-0.05, 0) is 24.6 Å². The first-order valence-electron chi connectivity index (χ1n) is 5.87. The van der Waals surface area contributed by atoms with E-state index in [2.05, 4.69) is 5.32 Å². The summed E-state index contributed by atoms with van der Waals surface area (Å²) in [6.45, 7) is 1.78. The normalized spacial score (nSPS) is 14.8. The molecule has 1 rings (SSSR count). The van der Waals surface area contributed by atoms with E-state index in [4.69, 9.17) is 4.74 Å². The highest BCUT2D eigenvalue weighted by molar-refractivity contribution is 5.80. The fraction of sp³-hybridized carbons (Fsp3) is 0.462. The molecule has 1 unspecified atom stereocenters. The van der Waals surface area contributed by atoms with E-state index in [1.807, 2.05) is 0 Å². The lowest BCUT2D eigenvalue weighted by Crippen LogP contribution is -2.48. The van der Waals surface area contributed by atoms with Gasteiger partial charge in [0, 0.05) is 13.7 Å². The van der Waals surface area contributed by atoms with E-state index in [1.54, 1.807) is 0 Å². The van der Waals surface area contributed by atoms with Gasteiger partial charge >= 0.3 is 12.1 Å². The second-order valence-corrected chi connectivity index (χ2v) is 4.43. The van der Waals surface area contributed by atoms with E-state index in [9.17, 15) is 23.1 Å². The first-order valence-corrected chi connectivity index (χ1v) is 5.87. The number of benzene rings is 1. The lowest BCUT2D eigenvalue weighted by Gasteiger charge is -2.27. The maximum atomic E-state index is 12.7. The molecule has 4 nitrogen and oxygen atoms in total. The number of ether oxygens (including phenoxy) is 1. The fourth-order valence-electron chi connectivity index (χ4n) is 1.71. The Labute approximate surface area is 114 Å². The summed E-state index contributed by atoms with van der Waals surface area (Å²) >= 11 is 0. The molecule has 2 N–H and O–H groups in total. The number of hydrogen-bond acceptors (Lipinski definition) is 3. The van der Waals surface area contributed by atoms with E-state index in [0.717, 1.165) is 12.1 Å². The molecule has 7 heteroatoms. The molecule has 112 valence electrons. The largest absolute Gasteiger partial charge is 0.480 e. The summed E-state index contributed by atoms with van der Waals surface area (Å²) in [5.41, 5.74) is -2.45. The molecule has 0 saturated carbocycles. The Bertz CT molecular complexity index is 476. The van der Waals surface area contributed by atoms with E-state index < -0.39 is 23.2 Å². The molecule has 0 aliphatic carbocycles. The zero-order chi connectivity index (χ0) is 15.4. The van der Waals surface area contributed by atoms with E-state index in [0.29, 0.717) is 0 Å². The van der Waals surface area contributed by atoms with Crippen LogP contribution in [0.3, 0.4) is 0 Å². The monoisotopic (exact) mass is 291 g/mol. The molecule has 0 aliphatic rings. The van der Waals surface area contributed by atoms with E-state index in [1.165, 1.54) is 26.2 Å². The van der Waals surface area contributed by atoms with Crippen molar-refractivity contribution in [2.75, 3.05) is 20.3 Å². The van der Waals surface area contributed by atoms with Crippen LogP contribution in [0.25, 0.3) is 0 Å². The predicted molar refractivity (Wildman–Crippen MR) is 66.3 cm³/mol. The van der Waals surface area contributed by atoms with E-state index >= 15 is 0 Å². The number of carbonyl (C=O) groups is 1. The highest BCUT2D eigenvalue weighted by atomic mass is 19.4. The minimum atomic E-state index is -4.51. The van der Waals surface area contributed by atoms with E-state index in [-0.39, 0.29) is 18.7 Å². The summed E-state index contributed by atoms with van der Waals surface area (Å²) in [7, 11) is 1.45. The standard InChI is InChI=1S/C13H16F3NO3/c1-12(11(18)19,17-6-7-20-2)9-4-3-5-10(8-9)13(14,15)16/h3-5,8,17H,6-7H2,1-2H3,(H,18,19). The average molecular weight is 291 g/mol. The van der Waals surface area contributed by atoms with Crippen LogP contribution in [0.4, 0.5) is 13.2 Å². The van der Waals surface area contributed by atoms with Crippen molar-refractivity contribution < 1.29 is 27.8 Å². The quantitative estimate of drug-likeness (QED) is 0.789. The SMILES string of the molecule is COCCNC(C)(C(=O)O)c1cccc(C(F)(F)F)c1. The smallest absolute Gasteiger partial charge is 0.416 e. The maximum absolute atomic E-state index is 12.7. The number of carboxylic acid groups (broad SMARTS) is 1. The summed E-state index contributed by atoms with van der Waals surface area (Å²) < 4.78 is 42.8. The van der Waals surface area contributed by atoms with Gasteiger partial charge < -0.3 is 9.84 Å². The van der Waals surface area contributed by atoms with Crippen LogP contribution in [0.1, 0.15) is 18.1 Å². The third kappa shape index (κ3) is 3.71. The second-order valence-electron chi connectivity index (χ2n) is 4.43. The number of methoxy groups -OCH3 is 1. The average Bonchev–Trinajstić information content (AvgIpc) is 2.37. The van der Waals surface area contributed by atoms with Crippen molar-refractivity contribution in [1.82, 2.24) is 5.32 Å². The highest BCUT2D eigenvalue weighted by Crippen LogP contribution is 2.32. The van der Waals surface area contributed by atoms with Crippen LogP contribution in [-0.4, -0.2) is 31.3 Å². The Morgan fingerprint density at radius 3 is 2.45 bits per heavy atom. The number of aliphatic carboxylic acids is 1. The molecule has 1 aromatic rings. The van der Waals surface area contributed by atoms with Gasteiger partial charge in [0.15, 0.2) is 0 Å². The molecule has 1 atom stereocenters. The number of hydrogen-bond donors (Lipinski definition) is 2. The zero-order valence-corrected chi connectivity index (χ0v) is 11.1. The Morgan fingerprint density at radius 1 is 1.35 bits per heavy atom. The van der Waals surface area contributed by atoms with Crippen LogP contribution in [0.2, 0.25) is 0 Å². The van der Waals surface area contributed by atoms with Crippen molar-refractivity contribution in [2.45, 2.75) is 18.6 Å². The Hall–Kier alpha value is -1.60. The maximum Gasteiger partial charge on any atom is 0.416 e. The van der Waals surface area contributed by atoms with Crippen molar-refractivity contribution >= 4 is 5.97 Å². The van der Waals surface area contributed by atoms with Crippen LogP contribution in [0.5, 0.6) is 0 Å². The Balaban J connectivity index is 3.12. The van der Waals surface area contributed by atoms with Crippen molar-refractivity contribution in [1.29, 1.82) is 0 Å². The summed E-state index contributed by atoms with van der Waals surface area (Å²) in [5.74, 6) is -1.26. The van der Waals surface area contributed by atoms with Gasteiger partial charge in [-0.3, -0.25) is 5.32 Å². The lowest BCUT2D eigenvalue weighted by molar-refractivity contribution is -0.145. The molecule has 0 heterocycles. The van der Waals surface area contributed by atoms with Crippen LogP contribution in [0.15, 0.2) is 24.3 Å². The van der Waals surface area contributed by atoms with Crippen LogP contribution >= 0.6 is 0 Å². The molecular weight excluding hydrogens is 275 g/mol. The van der Waals surface area contributed by atoms with Crippen molar-refractivity contribution in [3.63, 3.8) is 0 Å². The molecule has 0 aliphatic heterocycles. The summed E-state index contributed by atoms with van der Waals surface area (Å²) in [6, 6.07) is 4.29. The molecule has 20 heavy (non-hydrogen) atoms. The number of halogens is 3. The predicted octanol–water partition coefficient (Wildman–Crippen LogP) is 2.24. The van der Waals surface area contributed by atoms with Gasteiger partial charge in [0.05, 0.1) is 12.2 Å². The van der Waals surface area contributed by atoms with Gasteiger partial charge in [0.1, 0.15) is 5.54 Å². The van der Waals surface area contributed by atoms with Gasteiger partial charge in [0.25, 0.3) is 0 Å². The summed E-state index contributed by atoms with van der Waals surface area (Å²) in [6.07, 6.45) is -4.51. The highest BCUT2D eigenvalue weighted by Gasteiger charge is 2.37. The lowest BCUT2D eigenvalue weighted by atomic mass is 9.90. The van der Waals surface area contributed by atoms with Gasteiger partial charge in [-0.1, -0.05) is 12.1 Å². The topological polar surface area (TPSA) is 58.6 Å². The van der Waals surface area contributed by atoms with Crippen LogP contribution < -0.4 is 5.32 Å². The fourth-order valence-corrected chi connectivity index (χ4v) is 1.71. The van der Waals surface area contributed by atoms with Crippen molar-refractivity contribution in [3.05, 3.63) is 35.4 Å². The molecule has 0 fully saturated rings. The first-order chi connectivity index (χ1) is 9.21. The minimum Gasteiger partial charge on any atom is -0.480 e. The number of carboxylic acids is 1. The van der Waals surface area contributed by atoms with Gasteiger partial charge in [-0.15, -0.1) is 0 Å². The van der Waals surface area contributed by atoms with Crippen molar-refractivity contribution in [2.24, 2.45) is 0 Å². The molecule has 0 saturated heterocycles.